The van der Waals surface area contributed by atoms with E-state index in [0.717, 1.165) is 32.1 Å². The van der Waals surface area contributed by atoms with E-state index in [1.165, 1.54) is 5.56 Å². The Kier molecular flexibility index (Phi) is 4.02. The Balaban J connectivity index is 1.87. The maximum Gasteiger partial charge on any atom is 0.240 e. The lowest BCUT2D eigenvalue weighted by atomic mass is 9.97. The average Bonchev–Trinajstić information content (AvgIpc) is 2.78. The molecule has 0 spiro atoms. The van der Waals surface area contributed by atoms with Crippen molar-refractivity contribution in [2.24, 2.45) is 5.73 Å². The Morgan fingerprint density at radius 1 is 1.33 bits per heavy atom. The number of hydrogen-bond donors (Lipinski definition) is 2. The van der Waals surface area contributed by atoms with Crippen LogP contribution in [0.1, 0.15) is 38.2 Å². The van der Waals surface area contributed by atoms with E-state index in [9.17, 15) is 4.79 Å². The second-order valence-corrected chi connectivity index (χ2v) is 5.43. The zero-order chi connectivity index (χ0) is 13.0. The molecule has 0 bridgehead atoms. The van der Waals surface area contributed by atoms with Gasteiger partial charge in [-0.05, 0) is 31.7 Å². The Morgan fingerprint density at radius 2 is 1.94 bits per heavy atom. The summed E-state index contributed by atoms with van der Waals surface area (Å²) < 4.78 is 0. The number of benzene rings is 1. The van der Waals surface area contributed by atoms with Crippen molar-refractivity contribution < 1.29 is 4.79 Å². The third kappa shape index (κ3) is 3.10. The van der Waals surface area contributed by atoms with E-state index in [0.29, 0.717) is 0 Å². The molecule has 3 N–H and O–H groups in total. The van der Waals surface area contributed by atoms with E-state index in [1.54, 1.807) is 0 Å². The summed E-state index contributed by atoms with van der Waals surface area (Å²) in [7, 11) is 0. The number of rotatable bonds is 4. The highest BCUT2D eigenvalue weighted by molar-refractivity contribution is 5.86. The lowest BCUT2D eigenvalue weighted by molar-refractivity contribution is -0.126. The van der Waals surface area contributed by atoms with Crippen LogP contribution >= 0.6 is 0 Å². The van der Waals surface area contributed by atoms with Gasteiger partial charge in [0, 0.05) is 6.04 Å². The van der Waals surface area contributed by atoms with E-state index in [4.69, 9.17) is 5.73 Å². The molecule has 98 valence electrons. The normalized spacial score (nSPS) is 19.4. The van der Waals surface area contributed by atoms with Gasteiger partial charge in [0.1, 0.15) is 0 Å². The molecule has 0 radical (unpaired) electrons. The van der Waals surface area contributed by atoms with Crippen LogP contribution in [-0.2, 0) is 11.2 Å². The second kappa shape index (κ2) is 5.53. The molecule has 1 aromatic rings. The lowest BCUT2D eigenvalue weighted by Crippen LogP contribution is -2.54. The Labute approximate surface area is 109 Å². The highest BCUT2D eigenvalue weighted by Gasteiger charge is 2.37. The van der Waals surface area contributed by atoms with E-state index in [1.807, 2.05) is 25.1 Å². The van der Waals surface area contributed by atoms with Crippen molar-refractivity contribution in [2.45, 2.75) is 50.6 Å². The summed E-state index contributed by atoms with van der Waals surface area (Å²) in [5, 5.41) is 3.05. The average molecular weight is 246 g/mol. The summed E-state index contributed by atoms with van der Waals surface area (Å²) in [4.78, 5) is 12.1. The molecule has 1 unspecified atom stereocenters. The van der Waals surface area contributed by atoms with Gasteiger partial charge in [0.05, 0.1) is 5.54 Å². The SMILES string of the molecule is CC(Cc1ccccc1)NC(=O)C1(N)CCCC1. The summed E-state index contributed by atoms with van der Waals surface area (Å²) >= 11 is 0. The minimum absolute atomic E-state index is 0.0171. The van der Waals surface area contributed by atoms with Crippen molar-refractivity contribution in [3.63, 3.8) is 0 Å². The topological polar surface area (TPSA) is 55.1 Å². The molecule has 3 nitrogen and oxygen atoms in total. The molecule has 0 saturated heterocycles. The minimum Gasteiger partial charge on any atom is -0.352 e. The maximum atomic E-state index is 12.1. The molecule has 1 saturated carbocycles. The van der Waals surface area contributed by atoms with Crippen molar-refractivity contribution >= 4 is 5.91 Å². The molecule has 0 aliphatic heterocycles. The van der Waals surface area contributed by atoms with E-state index >= 15 is 0 Å². The maximum absolute atomic E-state index is 12.1. The Bertz CT molecular complexity index is 396. The van der Waals surface area contributed by atoms with Gasteiger partial charge in [0.2, 0.25) is 5.91 Å². The van der Waals surface area contributed by atoms with Crippen molar-refractivity contribution in [1.29, 1.82) is 0 Å². The third-order valence-corrected chi connectivity index (χ3v) is 3.71. The van der Waals surface area contributed by atoms with Gasteiger partial charge < -0.3 is 11.1 Å². The van der Waals surface area contributed by atoms with Crippen LogP contribution in [0.2, 0.25) is 0 Å². The fourth-order valence-corrected chi connectivity index (χ4v) is 2.62. The molecule has 0 aromatic heterocycles. The molecular formula is C15H22N2O. The number of carbonyl (C=O) groups excluding carboxylic acids is 1. The summed E-state index contributed by atoms with van der Waals surface area (Å²) in [6, 6.07) is 10.3. The lowest BCUT2D eigenvalue weighted by Gasteiger charge is -2.25. The molecule has 1 aromatic carbocycles. The van der Waals surface area contributed by atoms with E-state index in [2.05, 4.69) is 17.4 Å². The second-order valence-electron chi connectivity index (χ2n) is 5.43. The third-order valence-electron chi connectivity index (χ3n) is 3.71. The van der Waals surface area contributed by atoms with Gasteiger partial charge in [-0.2, -0.15) is 0 Å². The molecule has 1 aliphatic carbocycles. The van der Waals surface area contributed by atoms with Crippen LogP contribution in [0.15, 0.2) is 30.3 Å². The molecule has 18 heavy (non-hydrogen) atoms. The number of carbonyl (C=O) groups is 1. The number of nitrogens with two attached hydrogens (primary N) is 1. The minimum atomic E-state index is -0.620. The van der Waals surface area contributed by atoms with Crippen LogP contribution in [-0.4, -0.2) is 17.5 Å². The predicted molar refractivity (Wildman–Crippen MR) is 73.1 cm³/mol. The first kappa shape index (κ1) is 13.1. The van der Waals surface area contributed by atoms with E-state index in [-0.39, 0.29) is 11.9 Å². The number of nitrogens with one attached hydrogen (secondary N) is 1. The summed E-state index contributed by atoms with van der Waals surface area (Å²) in [5.41, 5.74) is 6.75. The van der Waals surface area contributed by atoms with Gasteiger partial charge in [-0.15, -0.1) is 0 Å². The molecule has 1 aliphatic rings. The molecule has 1 amide bonds. The standard InChI is InChI=1S/C15H22N2O/c1-12(11-13-7-3-2-4-8-13)17-14(18)15(16)9-5-6-10-15/h2-4,7-8,12H,5-6,9-11,16H2,1H3,(H,17,18). The zero-order valence-electron chi connectivity index (χ0n) is 11.0. The van der Waals surface area contributed by atoms with Crippen LogP contribution < -0.4 is 11.1 Å². The first-order valence-electron chi connectivity index (χ1n) is 6.74. The summed E-state index contributed by atoms with van der Waals surface area (Å²) in [6.45, 7) is 2.03. The van der Waals surface area contributed by atoms with Crippen molar-refractivity contribution in [2.75, 3.05) is 0 Å². The quantitative estimate of drug-likeness (QED) is 0.854. The van der Waals surface area contributed by atoms with Crippen LogP contribution in [0.25, 0.3) is 0 Å². The highest BCUT2D eigenvalue weighted by Crippen LogP contribution is 2.27. The monoisotopic (exact) mass is 246 g/mol. The highest BCUT2D eigenvalue weighted by atomic mass is 16.2. The first-order chi connectivity index (χ1) is 8.60. The van der Waals surface area contributed by atoms with Gasteiger partial charge in [-0.25, -0.2) is 0 Å². The number of amides is 1. The molecule has 0 heterocycles. The molecule has 1 fully saturated rings. The van der Waals surface area contributed by atoms with Gasteiger partial charge in [-0.3, -0.25) is 4.79 Å². The van der Waals surface area contributed by atoms with Gasteiger partial charge in [-0.1, -0.05) is 43.2 Å². The number of hydrogen-bond acceptors (Lipinski definition) is 2. The van der Waals surface area contributed by atoms with Crippen molar-refractivity contribution in [3.05, 3.63) is 35.9 Å². The molecular weight excluding hydrogens is 224 g/mol. The Hall–Kier alpha value is -1.35. The fraction of sp³-hybridized carbons (Fsp3) is 0.533. The first-order valence-corrected chi connectivity index (χ1v) is 6.74. The fourth-order valence-electron chi connectivity index (χ4n) is 2.62. The largest absolute Gasteiger partial charge is 0.352 e. The van der Waals surface area contributed by atoms with Gasteiger partial charge in [0.15, 0.2) is 0 Å². The Morgan fingerprint density at radius 3 is 2.56 bits per heavy atom. The van der Waals surface area contributed by atoms with Crippen LogP contribution in [0.4, 0.5) is 0 Å². The van der Waals surface area contributed by atoms with Gasteiger partial charge in [0.25, 0.3) is 0 Å². The van der Waals surface area contributed by atoms with Crippen molar-refractivity contribution in [3.8, 4) is 0 Å². The smallest absolute Gasteiger partial charge is 0.240 e. The molecule has 1 atom stereocenters. The summed E-state index contributed by atoms with van der Waals surface area (Å²) in [5.74, 6) is 0.0171. The molecule has 2 rings (SSSR count). The van der Waals surface area contributed by atoms with E-state index < -0.39 is 5.54 Å². The van der Waals surface area contributed by atoms with Crippen LogP contribution in [0, 0.1) is 0 Å². The van der Waals surface area contributed by atoms with Crippen molar-refractivity contribution in [1.82, 2.24) is 5.32 Å². The van der Waals surface area contributed by atoms with Gasteiger partial charge >= 0.3 is 0 Å². The zero-order valence-corrected chi connectivity index (χ0v) is 11.0. The van der Waals surface area contributed by atoms with Crippen LogP contribution in [0.3, 0.4) is 0 Å². The van der Waals surface area contributed by atoms with Crippen LogP contribution in [0.5, 0.6) is 0 Å². The predicted octanol–water partition coefficient (Wildman–Crippen LogP) is 2.01. The molecule has 3 heteroatoms. The summed E-state index contributed by atoms with van der Waals surface area (Å²) in [6.07, 6.45) is 4.62.